The zero-order chi connectivity index (χ0) is 14.6. The molecule has 1 N–H and O–H groups in total. The summed E-state index contributed by atoms with van der Waals surface area (Å²) in [6.45, 7) is 7.54. The minimum Gasteiger partial charge on any atom is -0.298 e. The molecule has 6 nitrogen and oxygen atoms in total. The van der Waals surface area contributed by atoms with Crippen LogP contribution < -0.4 is 4.72 Å². The van der Waals surface area contributed by atoms with E-state index in [2.05, 4.69) is 27.8 Å². The Labute approximate surface area is 121 Å². The molecule has 0 saturated carbocycles. The van der Waals surface area contributed by atoms with Crippen molar-refractivity contribution in [3.05, 3.63) is 18.0 Å². The van der Waals surface area contributed by atoms with Gasteiger partial charge in [0.25, 0.3) is 0 Å². The fourth-order valence-corrected chi connectivity index (χ4v) is 4.07. The van der Waals surface area contributed by atoms with Crippen LogP contribution in [0.4, 0.5) is 0 Å². The molecule has 114 valence electrons. The van der Waals surface area contributed by atoms with Gasteiger partial charge in [0.15, 0.2) is 0 Å². The van der Waals surface area contributed by atoms with Crippen LogP contribution in [0.1, 0.15) is 32.3 Å². The molecule has 1 aromatic rings. The molecule has 0 aliphatic carbocycles. The highest BCUT2D eigenvalue weighted by Crippen LogP contribution is 2.18. The molecule has 0 unspecified atom stereocenters. The highest BCUT2D eigenvalue weighted by Gasteiger charge is 2.32. The molecule has 1 fully saturated rings. The number of aromatic nitrogens is 2. The van der Waals surface area contributed by atoms with E-state index >= 15 is 0 Å². The summed E-state index contributed by atoms with van der Waals surface area (Å²) in [7, 11) is -3.15. The Morgan fingerprint density at radius 2 is 2.25 bits per heavy atom. The largest absolute Gasteiger partial charge is 0.298 e. The Kier molecular flexibility index (Phi) is 5.17. The lowest BCUT2D eigenvalue weighted by atomic mass is 10.3. The maximum absolute atomic E-state index is 12.0. The van der Waals surface area contributed by atoms with E-state index in [1.807, 2.05) is 17.8 Å². The van der Waals surface area contributed by atoms with Gasteiger partial charge in [-0.3, -0.25) is 9.58 Å². The number of rotatable bonds is 7. The van der Waals surface area contributed by atoms with Crippen molar-refractivity contribution in [3.63, 3.8) is 0 Å². The maximum Gasteiger partial charge on any atom is 0.215 e. The van der Waals surface area contributed by atoms with Crippen LogP contribution in [0.5, 0.6) is 0 Å². The Morgan fingerprint density at radius 1 is 1.45 bits per heavy atom. The average Bonchev–Trinajstić information content (AvgIpc) is 3.00. The first-order valence-electron chi connectivity index (χ1n) is 7.27. The first-order valence-corrected chi connectivity index (χ1v) is 8.82. The molecule has 0 spiro atoms. The van der Waals surface area contributed by atoms with E-state index in [-0.39, 0.29) is 5.25 Å². The number of hydrogen-bond acceptors (Lipinski definition) is 4. The monoisotopic (exact) mass is 300 g/mol. The van der Waals surface area contributed by atoms with E-state index in [9.17, 15) is 8.42 Å². The van der Waals surface area contributed by atoms with Gasteiger partial charge in [0.2, 0.25) is 10.0 Å². The molecule has 20 heavy (non-hydrogen) atoms. The highest BCUT2D eigenvalue weighted by molar-refractivity contribution is 7.90. The van der Waals surface area contributed by atoms with Gasteiger partial charge in [0.1, 0.15) is 0 Å². The van der Waals surface area contributed by atoms with Gasteiger partial charge in [0.05, 0.1) is 11.4 Å². The topological polar surface area (TPSA) is 67.2 Å². The van der Waals surface area contributed by atoms with Crippen molar-refractivity contribution in [2.24, 2.45) is 0 Å². The van der Waals surface area contributed by atoms with Crippen molar-refractivity contribution in [3.8, 4) is 0 Å². The normalized spacial score (nSPS) is 20.6. The fourth-order valence-electron chi connectivity index (χ4n) is 2.61. The van der Waals surface area contributed by atoms with Crippen molar-refractivity contribution >= 4 is 10.0 Å². The number of likely N-dealkylation sites (tertiary alicyclic amines) is 1. The number of nitrogens with zero attached hydrogens (tertiary/aromatic N) is 3. The lowest BCUT2D eigenvalue weighted by Gasteiger charge is -2.15. The van der Waals surface area contributed by atoms with Crippen LogP contribution in [0.3, 0.4) is 0 Å². The minimum atomic E-state index is -3.15. The summed E-state index contributed by atoms with van der Waals surface area (Å²) >= 11 is 0. The summed E-state index contributed by atoms with van der Waals surface area (Å²) in [5.41, 5.74) is 1.15. The number of aryl methyl sites for hydroxylation is 1. The molecule has 0 radical (unpaired) electrons. The Morgan fingerprint density at radius 3 is 2.95 bits per heavy atom. The van der Waals surface area contributed by atoms with Gasteiger partial charge in [0, 0.05) is 37.9 Å². The summed E-state index contributed by atoms with van der Waals surface area (Å²) < 4.78 is 28.5. The molecule has 7 heteroatoms. The molecule has 0 amide bonds. The summed E-state index contributed by atoms with van der Waals surface area (Å²) in [6, 6.07) is 0. The van der Waals surface area contributed by atoms with Crippen molar-refractivity contribution < 1.29 is 8.42 Å². The second kappa shape index (κ2) is 6.69. The highest BCUT2D eigenvalue weighted by atomic mass is 32.2. The van der Waals surface area contributed by atoms with E-state index in [0.717, 1.165) is 31.6 Å². The predicted octanol–water partition coefficient (Wildman–Crippen LogP) is 0.807. The first kappa shape index (κ1) is 15.5. The molecule has 2 rings (SSSR count). The third-order valence-electron chi connectivity index (χ3n) is 3.56. The molecule has 0 bridgehead atoms. The Bertz CT molecular complexity index is 526. The van der Waals surface area contributed by atoms with Gasteiger partial charge in [-0.15, -0.1) is 0 Å². The fraction of sp³-hybridized carbons (Fsp3) is 0.769. The van der Waals surface area contributed by atoms with Gasteiger partial charge in [-0.2, -0.15) is 5.10 Å². The SMILES string of the molecule is CCCn1cc(CN2CC[C@@H](S(=O)(=O)NCC)C2)cn1. The molecule has 1 saturated heterocycles. The molecule has 1 atom stereocenters. The summed E-state index contributed by atoms with van der Waals surface area (Å²) in [5.74, 6) is 0. The average molecular weight is 300 g/mol. The van der Waals surface area contributed by atoms with Crippen LogP contribution in [-0.4, -0.2) is 48.0 Å². The van der Waals surface area contributed by atoms with Crippen molar-refractivity contribution in [2.75, 3.05) is 19.6 Å². The van der Waals surface area contributed by atoms with Crippen molar-refractivity contribution in [2.45, 2.75) is 45.0 Å². The van der Waals surface area contributed by atoms with Gasteiger partial charge < -0.3 is 0 Å². The van der Waals surface area contributed by atoms with Crippen LogP contribution in [0.25, 0.3) is 0 Å². The molecule has 1 aliphatic rings. The van der Waals surface area contributed by atoms with E-state index < -0.39 is 10.0 Å². The maximum atomic E-state index is 12.0. The van der Waals surface area contributed by atoms with Crippen LogP contribution in [0.15, 0.2) is 12.4 Å². The quantitative estimate of drug-likeness (QED) is 0.809. The van der Waals surface area contributed by atoms with Gasteiger partial charge in [-0.25, -0.2) is 13.1 Å². The smallest absolute Gasteiger partial charge is 0.215 e. The van der Waals surface area contributed by atoms with Crippen LogP contribution in [-0.2, 0) is 23.1 Å². The third-order valence-corrected chi connectivity index (χ3v) is 5.51. The lowest BCUT2D eigenvalue weighted by molar-refractivity contribution is 0.331. The van der Waals surface area contributed by atoms with Crippen LogP contribution in [0.2, 0.25) is 0 Å². The molecule has 1 aromatic heterocycles. The summed E-state index contributed by atoms with van der Waals surface area (Å²) in [5, 5.41) is 4.02. The lowest BCUT2D eigenvalue weighted by Crippen LogP contribution is -2.36. The van der Waals surface area contributed by atoms with Crippen molar-refractivity contribution in [1.82, 2.24) is 19.4 Å². The Hall–Kier alpha value is -0.920. The number of hydrogen-bond donors (Lipinski definition) is 1. The Balaban J connectivity index is 1.89. The standard InChI is InChI=1S/C13H24N4O2S/c1-3-6-17-10-12(8-14-17)9-16-7-5-13(11-16)20(18,19)15-4-2/h8,10,13,15H,3-7,9,11H2,1-2H3/t13-/m1/s1. The zero-order valence-corrected chi connectivity index (χ0v) is 13.1. The van der Waals surface area contributed by atoms with Crippen LogP contribution in [0, 0.1) is 0 Å². The van der Waals surface area contributed by atoms with Crippen LogP contribution >= 0.6 is 0 Å². The first-order chi connectivity index (χ1) is 9.55. The second-order valence-electron chi connectivity index (χ2n) is 5.30. The van der Waals surface area contributed by atoms with Crippen molar-refractivity contribution in [1.29, 1.82) is 0 Å². The zero-order valence-electron chi connectivity index (χ0n) is 12.2. The summed E-state index contributed by atoms with van der Waals surface area (Å²) in [4.78, 5) is 2.19. The van der Waals surface area contributed by atoms with E-state index in [1.165, 1.54) is 0 Å². The van der Waals surface area contributed by atoms with Gasteiger partial charge in [-0.1, -0.05) is 13.8 Å². The predicted molar refractivity (Wildman–Crippen MR) is 78.8 cm³/mol. The second-order valence-corrected chi connectivity index (χ2v) is 7.35. The van der Waals surface area contributed by atoms with E-state index in [4.69, 9.17) is 0 Å². The summed E-state index contributed by atoms with van der Waals surface area (Å²) in [6.07, 6.45) is 5.70. The minimum absolute atomic E-state index is 0.284. The number of nitrogens with one attached hydrogen (secondary N) is 1. The van der Waals surface area contributed by atoms with E-state index in [1.54, 1.807) is 0 Å². The molecular formula is C13H24N4O2S. The van der Waals surface area contributed by atoms with Gasteiger partial charge in [-0.05, 0) is 19.4 Å². The molecule has 2 heterocycles. The number of sulfonamides is 1. The van der Waals surface area contributed by atoms with E-state index in [0.29, 0.717) is 19.5 Å². The third kappa shape index (κ3) is 3.80. The molecular weight excluding hydrogens is 276 g/mol. The molecule has 0 aromatic carbocycles. The van der Waals surface area contributed by atoms with Gasteiger partial charge >= 0.3 is 0 Å². The molecule has 1 aliphatic heterocycles.